The number of rotatable bonds is 2. The van der Waals surface area contributed by atoms with E-state index in [0.29, 0.717) is 13.2 Å². The van der Waals surface area contributed by atoms with Gasteiger partial charge in [-0.25, -0.2) is 9.97 Å². The summed E-state index contributed by atoms with van der Waals surface area (Å²) in [5.41, 5.74) is 0. The number of hydrogen-bond acceptors (Lipinski definition) is 6. The molecule has 0 bridgehead atoms. The molecule has 1 aliphatic heterocycles. The molecule has 6 nitrogen and oxygen atoms in total. The molecule has 7 heteroatoms. The Labute approximate surface area is 108 Å². The van der Waals surface area contributed by atoms with Crippen molar-refractivity contribution in [2.24, 2.45) is 0 Å². The minimum Gasteiger partial charge on any atom is -0.372 e. The highest BCUT2D eigenvalue weighted by molar-refractivity contribution is 9.10. The van der Waals surface area contributed by atoms with Crippen molar-refractivity contribution in [3.05, 3.63) is 10.8 Å². The van der Waals surface area contributed by atoms with Gasteiger partial charge in [0.2, 0.25) is 0 Å². The molecule has 1 unspecified atom stereocenters. The Morgan fingerprint density at radius 2 is 2.47 bits per heavy atom. The summed E-state index contributed by atoms with van der Waals surface area (Å²) >= 11 is 3.47. The molecule has 0 aromatic carbocycles. The lowest BCUT2D eigenvalue weighted by molar-refractivity contribution is 0.0761. The van der Waals surface area contributed by atoms with E-state index in [1.165, 1.54) is 6.33 Å². The maximum Gasteiger partial charge on any atom is 0.161 e. The van der Waals surface area contributed by atoms with E-state index >= 15 is 0 Å². The molecular weight excluding hydrogens is 286 g/mol. The number of nitrogens with one attached hydrogen (secondary N) is 1. The minimum absolute atomic E-state index is 0.399. The Morgan fingerprint density at radius 1 is 1.65 bits per heavy atom. The van der Waals surface area contributed by atoms with Gasteiger partial charge in [-0.15, -0.1) is 0 Å². The molecule has 0 aliphatic carbocycles. The third-order valence-corrected chi connectivity index (χ3v) is 3.25. The first-order valence-corrected chi connectivity index (χ1v) is 6.00. The summed E-state index contributed by atoms with van der Waals surface area (Å²) in [7, 11) is 1.80. The van der Waals surface area contributed by atoms with E-state index in [1.54, 1.807) is 7.05 Å². The van der Waals surface area contributed by atoms with Gasteiger partial charge in [-0.3, -0.25) is 0 Å². The number of morpholine rings is 1. The van der Waals surface area contributed by atoms with Crippen LogP contribution in [0, 0.1) is 11.3 Å². The van der Waals surface area contributed by atoms with Crippen molar-refractivity contribution in [1.29, 1.82) is 5.26 Å². The minimum atomic E-state index is -0.399. The molecule has 1 fully saturated rings. The van der Waals surface area contributed by atoms with Crippen LogP contribution in [0.3, 0.4) is 0 Å². The van der Waals surface area contributed by atoms with Crippen LogP contribution in [0.25, 0.3) is 0 Å². The molecule has 90 valence electrons. The van der Waals surface area contributed by atoms with Crippen LogP contribution < -0.4 is 10.2 Å². The van der Waals surface area contributed by atoms with E-state index in [1.807, 2.05) is 4.90 Å². The third kappa shape index (κ3) is 2.48. The summed E-state index contributed by atoms with van der Waals surface area (Å²) in [5.74, 6) is 1.52. The number of aromatic nitrogens is 2. The zero-order chi connectivity index (χ0) is 12.3. The van der Waals surface area contributed by atoms with Gasteiger partial charge in [0.1, 0.15) is 22.4 Å². The Bertz CT molecular complexity index is 447. The van der Waals surface area contributed by atoms with E-state index < -0.39 is 6.10 Å². The highest BCUT2D eigenvalue weighted by Crippen LogP contribution is 2.29. The number of anilines is 2. The van der Waals surface area contributed by atoms with E-state index in [-0.39, 0.29) is 0 Å². The summed E-state index contributed by atoms with van der Waals surface area (Å²) in [6, 6.07) is 2.11. The number of ether oxygens (including phenoxy) is 1. The predicted octanol–water partition coefficient (Wildman–Crippen LogP) is 1.01. The van der Waals surface area contributed by atoms with Gasteiger partial charge >= 0.3 is 0 Å². The maximum atomic E-state index is 8.87. The van der Waals surface area contributed by atoms with E-state index in [4.69, 9.17) is 10.00 Å². The van der Waals surface area contributed by atoms with Crippen LogP contribution in [-0.4, -0.2) is 42.8 Å². The lowest BCUT2D eigenvalue weighted by Crippen LogP contribution is -2.42. The number of hydrogen-bond donors (Lipinski definition) is 1. The monoisotopic (exact) mass is 297 g/mol. The Hall–Kier alpha value is -1.39. The molecule has 2 heterocycles. The van der Waals surface area contributed by atoms with Gasteiger partial charge in [-0.1, -0.05) is 0 Å². The van der Waals surface area contributed by atoms with Crippen molar-refractivity contribution >= 4 is 27.6 Å². The van der Waals surface area contributed by atoms with Crippen LogP contribution in [0.4, 0.5) is 11.6 Å². The molecule has 1 aromatic rings. The molecule has 1 N–H and O–H groups in total. The lowest BCUT2D eigenvalue weighted by Gasteiger charge is -2.31. The van der Waals surface area contributed by atoms with Crippen LogP contribution in [-0.2, 0) is 4.74 Å². The lowest BCUT2D eigenvalue weighted by atomic mass is 10.3. The van der Waals surface area contributed by atoms with Gasteiger partial charge in [-0.05, 0) is 15.9 Å². The summed E-state index contributed by atoms with van der Waals surface area (Å²) in [4.78, 5) is 10.4. The second-order valence-electron chi connectivity index (χ2n) is 3.54. The molecule has 0 spiro atoms. The second-order valence-corrected chi connectivity index (χ2v) is 4.34. The maximum absolute atomic E-state index is 8.87. The van der Waals surface area contributed by atoms with Crippen molar-refractivity contribution in [2.75, 3.05) is 37.0 Å². The molecule has 1 aromatic heterocycles. The van der Waals surface area contributed by atoms with Crippen LogP contribution >= 0.6 is 15.9 Å². The smallest absolute Gasteiger partial charge is 0.161 e. The van der Waals surface area contributed by atoms with Crippen molar-refractivity contribution in [2.45, 2.75) is 6.10 Å². The van der Waals surface area contributed by atoms with Crippen LogP contribution in [0.15, 0.2) is 10.8 Å². The van der Waals surface area contributed by atoms with Crippen LogP contribution in [0.2, 0.25) is 0 Å². The topological polar surface area (TPSA) is 74.1 Å². The average molecular weight is 298 g/mol. The van der Waals surface area contributed by atoms with Crippen molar-refractivity contribution in [3.8, 4) is 6.07 Å². The van der Waals surface area contributed by atoms with E-state index in [2.05, 4.69) is 37.3 Å². The van der Waals surface area contributed by atoms with Gasteiger partial charge < -0.3 is 15.0 Å². The molecule has 0 amide bonds. The normalized spacial score (nSPS) is 19.8. The summed E-state index contributed by atoms with van der Waals surface area (Å²) < 4.78 is 6.10. The largest absolute Gasteiger partial charge is 0.372 e. The number of nitriles is 1. The van der Waals surface area contributed by atoms with Crippen molar-refractivity contribution < 1.29 is 4.74 Å². The zero-order valence-electron chi connectivity index (χ0n) is 9.35. The first-order valence-electron chi connectivity index (χ1n) is 5.20. The van der Waals surface area contributed by atoms with Gasteiger partial charge in [0.15, 0.2) is 6.10 Å². The van der Waals surface area contributed by atoms with E-state index in [9.17, 15) is 0 Å². The Morgan fingerprint density at radius 3 is 3.18 bits per heavy atom. The summed E-state index contributed by atoms with van der Waals surface area (Å²) in [6.07, 6.45) is 1.10. The highest BCUT2D eigenvalue weighted by Gasteiger charge is 2.23. The van der Waals surface area contributed by atoms with Gasteiger partial charge in [0.05, 0.1) is 19.2 Å². The van der Waals surface area contributed by atoms with Crippen LogP contribution in [0.5, 0.6) is 0 Å². The standard InChI is InChI=1S/C10H12BrN5O/c1-13-9-8(11)10(15-6-14-9)16-2-3-17-7(4-12)5-16/h6-7H,2-3,5H2,1H3,(H,13,14,15). The zero-order valence-corrected chi connectivity index (χ0v) is 10.9. The SMILES string of the molecule is CNc1ncnc(N2CCOC(C#N)C2)c1Br. The molecule has 0 saturated carbocycles. The third-order valence-electron chi connectivity index (χ3n) is 2.52. The fourth-order valence-corrected chi connectivity index (χ4v) is 2.33. The molecule has 17 heavy (non-hydrogen) atoms. The summed E-state index contributed by atoms with van der Waals surface area (Å²) in [6.45, 7) is 1.77. The van der Waals surface area contributed by atoms with Gasteiger partial charge in [0.25, 0.3) is 0 Å². The van der Waals surface area contributed by atoms with Crippen molar-refractivity contribution in [1.82, 2.24) is 9.97 Å². The average Bonchev–Trinajstić information content (AvgIpc) is 2.39. The second kappa shape index (κ2) is 5.29. The molecular formula is C10H12BrN5O. The molecule has 1 aliphatic rings. The van der Waals surface area contributed by atoms with Crippen molar-refractivity contribution in [3.63, 3.8) is 0 Å². The van der Waals surface area contributed by atoms with E-state index in [0.717, 1.165) is 22.7 Å². The fourth-order valence-electron chi connectivity index (χ4n) is 1.68. The number of halogens is 1. The van der Waals surface area contributed by atoms with Gasteiger partial charge in [-0.2, -0.15) is 5.26 Å². The predicted molar refractivity (Wildman–Crippen MR) is 66.8 cm³/mol. The Kier molecular flexibility index (Phi) is 3.76. The molecule has 2 rings (SSSR count). The first kappa shape index (κ1) is 12.1. The first-order chi connectivity index (χ1) is 8.26. The molecule has 0 radical (unpaired) electrons. The quantitative estimate of drug-likeness (QED) is 0.878. The molecule has 1 saturated heterocycles. The number of nitrogens with zero attached hydrogens (tertiary/aromatic N) is 4. The summed E-state index contributed by atoms with van der Waals surface area (Å²) in [5, 5.41) is 11.8. The Balaban J connectivity index is 2.25. The highest BCUT2D eigenvalue weighted by atomic mass is 79.9. The molecule has 1 atom stereocenters. The fraction of sp³-hybridized carbons (Fsp3) is 0.500. The van der Waals surface area contributed by atoms with Crippen LogP contribution in [0.1, 0.15) is 0 Å². The van der Waals surface area contributed by atoms with Gasteiger partial charge in [0, 0.05) is 13.6 Å².